The van der Waals surface area contributed by atoms with Crippen LogP contribution < -0.4 is 5.32 Å². The Bertz CT molecular complexity index is 773. The molecule has 112 valence electrons. The van der Waals surface area contributed by atoms with Crippen LogP contribution >= 0.6 is 0 Å². The molecule has 0 aliphatic rings. The van der Waals surface area contributed by atoms with E-state index in [9.17, 15) is 4.79 Å². The van der Waals surface area contributed by atoms with Crippen molar-refractivity contribution >= 4 is 22.5 Å². The SMILES string of the molecule is CC(C)[C@@H](C(=O)Nc1cccc2cccnc12)n1cccc1. The smallest absolute Gasteiger partial charge is 0.247 e. The summed E-state index contributed by atoms with van der Waals surface area (Å²) in [5.41, 5.74) is 1.56. The number of anilines is 1. The lowest BCUT2D eigenvalue weighted by Gasteiger charge is -2.22. The highest BCUT2D eigenvalue weighted by Crippen LogP contribution is 2.24. The van der Waals surface area contributed by atoms with Gasteiger partial charge in [0.2, 0.25) is 5.91 Å². The van der Waals surface area contributed by atoms with Crippen molar-refractivity contribution in [2.75, 3.05) is 5.32 Å². The molecule has 0 saturated heterocycles. The number of carbonyl (C=O) groups excluding carboxylic acids is 1. The fourth-order valence-electron chi connectivity index (χ4n) is 2.73. The quantitative estimate of drug-likeness (QED) is 0.793. The second-order valence-corrected chi connectivity index (χ2v) is 5.69. The van der Waals surface area contributed by atoms with Crippen LogP contribution in [0.2, 0.25) is 0 Å². The van der Waals surface area contributed by atoms with E-state index in [1.54, 1.807) is 6.20 Å². The summed E-state index contributed by atoms with van der Waals surface area (Å²) in [5.74, 6) is 0.166. The normalized spacial score (nSPS) is 12.5. The molecular weight excluding hydrogens is 274 g/mol. The maximum atomic E-state index is 12.7. The summed E-state index contributed by atoms with van der Waals surface area (Å²) < 4.78 is 1.94. The Morgan fingerprint density at radius 2 is 1.82 bits per heavy atom. The van der Waals surface area contributed by atoms with Crippen LogP contribution in [0.3, 0.4) is 0 Å². The van der Waals surface area contributed by atoms with Gasteiger partial charge in [0, 0.05) is 24.0 Å². The second kappa shape index (κ2) is 6.02. The zero-order valence-electron chi connectivity index (χ0n) is 12.7. The zero-order chi connectivity index (χ0) is 15.5. The van der Waals surface area contributed by atoms with E-state index in [1.165, 1.54) is 0 Å². The largest absolute Gasteiger partial charge is 0.342 e. The summed E-state index contributed by atoms with van der Waals surface area (Å²) >= 11 is 0. The third kappa shape index (κ3) is 2.72. The molecule has 2 aromatic heterocycles. The van der Waals surface area contributed by atoms with E-state index in [2.05, 4.69) is 10.3 Å². The zero-order valence-corrected chi connectivity index (χ0v) is 12.7. The minimum absolute atomic E-state index is 0.0237. The summed E-state index contributed by atoms with van der Waals surface area (Å²) in [4.78, 5) is 17.1. The van der Waals surface area contributed by atoms with Gasteiger partial charge in [-0.05, 0) is 30.2 Å². The predicted molar refractivity (Wildman–Crippen MR) is 88.7 cm³/mol. The molecule has 1 N–H and O–H groups in total. The highest BCUT2D eigenvalue weighted by Gasteiger charge is 2.23. The number of rotatable bonds is 4. The fourth-order valence-corrected chi connectivity index (χ4v) is 2.73. The Morgan fingerprint density at radius 3 is 2.55 bits per heavy atom. The molecule has 0 spiro atoms. The van der Waals surface area contributed by atoms with E-state index in [1.807, 2.05) is 73.3 Å². The van der Waals surface area contributed by atoms with Gasteiger partial charge in [-0.15, -0.1) is 0 Å². The van der Waals surface area contributed by atoms with Crippen molar-refractivity contribution in [3.63, 3.8) is 0 Å². The second-order valence-electron chi connectivity index (χ2n) is 5.69. The van der Waals surface area contributed by atoms with Crippen LogP contribution in [-0.2, 0) is 4.79 Å². The Morgan fingerprint density at radius 1 is 1.09 bits per heavy atom. The number of pyridine rings is 1. The Labute approximate surface area is 129 Å². The number of nitrogens with zero attached hydrogens (tertiary/aromatic N) is 2. The first-order valence-electron chi connectivity index (χ1n) is 7.44. The number of hydrogen-bond donors (Lipinski definition) is 1. The first kappa shape index (κ1) is 14.3. The molecule has 0 bridgehead atoms. The lowest BCUT2D eigenvalue weighted by atomic mass is 10.0. The van der Waals surface area contributed by atoms with Gasteiger partial charge >= 0.3 is 0 Å². The first-order chi connectivity index (χ1) is 10.7. The lowest BCUT2D eigenvalue weighted by Crippen LogP contribution is -2.29. The first-order valence-corrected chi connectivity index (χ1v) is 7.44. The lowest BCUT2D eigenvalue weighted by molar-refractivity contribution is -0.120. The molecule has 4 nitrogen and oxygen atoms in total. The molecule has 3 rings (SSSR count). The molecule has 0 unspecified atom stereocenters. The van der Waals surface area contributed by atoms with Gasteiger partial charge in [-0.3, -0.25) is 9.78 Å². The molecule has 3 aromatic rings. The van der Waals surface area contributed by atoms with E-state index in [0.717, 1.165) is 16.6 Å². The number of hydrogen-bond acceptors (Lipinski definition) is 2. The van der Waals surface area contributed by atoms with Crippen molar-refractivity contribution in [2.24, 2.45) is 5.92 Å². The number of amides is 1. The topological polar surface area (TPSA) is 46.9 Å². The molecule has 0 fully saturated rings. The molecule has 22 heavy (non-hydrogen) atoms. The van der Waals surface area contributed by atoms with Crippen molar-refractivity contribution in [1.82, 2.24) is 9.55 Å². The fraction of sp³-hybridized carbons (Fsp3) is 0.222. The summed E-state index contributed by atoms with van der Waals surface area (Å²) in [7, 11) is 0. The summed E-state index contributed by atoms with van der Waals surface area (Å²) in [6, 6.07) is 13.3. The summed E-state index contributed by atoms with van der Waals surface area (Å²) in [6.07, 6.45) is 5.58. The third-order valence-corrected chi connectivity index (χ3v) is 3.74. The van der Waals surface area contributed by atoms with Gasteiger partial charge in [0.25, 0.3) is 0 Å². The number of nitrogens with one attached hydrogen (secondary N) is 1. The van der Waals surface area contributed by atoms with E-state index >= 15 is 0 Å². The van der Waals surface area contributed by atoms with E-state index in [0.29, 0.717) is 0 Å². The third-order valence-electron chi connectivity index (χ3n) is 3.74. The minimum atomic E-state index is -0.242. The van der Waals surface area contributed by atoms with Crippen molar-refractivity contribution in [2.45, 2.75) is 19.9 Å². The van der Waals surface area contributed by atoms with Crippen molar-refractivity contribution in [3.05, 3.63) is 61.1 Å². The maximum absolute atomic E-state index is 12.7. The molecule has 0 saturated carbocycles. The maximum Gasteiger partial charge on any atom is 0.247 e. The number of para-hydroxylation sites is 1. The van der Waals surface area contributed by atoms with E-state index in [4.69, 9.17) is 0 Å². The monoisotopic (exact) mass is 293 g/mol. The Hall–Kier alpha value is -2.62. The van der Waals surface area contributed by atoms with Crippen LogP contribution in [0, 0.1) is 5.92 Å². The van der Waals surface area contributed by atoms with Gasteiger partial charge in [0.15, 0.2) is 0 Å². The molecule has 0 radical (unpaired) electrons. The molecule has 1 amide bonds. The van der Waals surface area contributed by atoms with Gasteiger partial charge in [-0.1, -0.05) is 32.0 Å². The molecule has 4 heteroatoms. The predicted octanol–water partition coefficient (Wildman–Crippen LogP) is 3.87. The highest BCUT2D eigenvalue weighted by molar-refractivity contribution is 6.01. The molecule has 2 heterocycles. The summed E-state index contributed by atoms with van der Waals surface area (Å²) in [6.45, 7) is 4.09. The van der Waals surface area contributed by atoms with Gasteiger partial charge < -0.3 is 9.88 Å². The Balaban J connectivity index is 1.92. The van der Waals surface area contributed by atoms with E-state index in [-0.39, 0.29) is 17.9 Å². The number of fused-ring (bicyclic) bond motifs is 1. The van der Waals surface area contributed by atoms with Gasteiger partial charge in [0.05, 0.1) is 11.2 Å². The highest BCUT2D eigenvalue weighted by atomic mass is 16.2. The average molecular weight is 293 g/mol. The standard InChI is InChI=1S/C18H19N3O/c1-13(2)17(21-11-3-4-12-21)18(22)20-15-9-5-7-14-8-6-10-19-16(14)15/h3-13,17H,1-2H3,(H,20,22)/t17-/m0/s1. The van der Waals surface area contributed by atoms with Crippen LogP contribution in [0.1, 0.15) is 19.9 Å². The van der Waals surface area contributed by atoms with Crippen LogP contribution in [0.4, 0.5) is 5.69 Å². The van der Waals surface area contributed by atoms with Crippen molar-refractivity contribution in [1.29, 1.82) is 0 Å². The van der Waals surface area contributed by atoms with E-state index < -0.39 is 0 Å². The molecule has 1 atom stereocenters. The number of carbonyl (C=O) groups is 1. The van der Waals surface area contributed by atoms with Gasteiger partial charge in [-0.2, -0.15) is 0 Å². The molecule has 1 aromatic carbocycles. The average Bonchev–Trinajstić information content (AvgIpc) is 3.01. The van der Waals surface area contributed by atoms with Crippen LogP contribution in [-0.4, -0.2) is 15.5 Å². The molecular formula is C18H19N3O. The molecule has 0 aliphatic heterocycles. The van der Waals surface area contributed by atoms with Crippen molar-refractivity contribution in [3.8, 4) is 0 Å². The van der Waals surface area contributed by atoms with Crippen LogP contribution in [0.25, 0.3) is 10.9 Å². The van der Waals surface area contributed by atoms with Crippen molar-refractivity contribution < 1.29 is 4.79 Å². The molecule has 0 aliphatic carbocycles. The van der Waals surface area contributed by atoms with Crippen LogP contribution in [0.15, 0.2) is 61.1 Å². The summed E-state index contributed by atoms with van der Waals surface area (Å²) in [5, 5.41) is 4.05. The van der Waals surface area contributed by atoms with Crippen LogP contribution in [0.5, 0.6) is 0 Å². The Kier molecular flexibility index (Phi) is 3.92. The minimum Gasteiger partial charge on any atom is -0.342 e. The number of benzene rings is 1. The van der Waals surface area contributed by atoms with Gasteiger partial charge in [0.1, 0.15) is 6.04 Å². The number of aromatic nitrogens is 2. The van der Waals surface area contributed by atoms with Gasteiger partial charge in [-0.25, -0.2) is 0 Å².